The molecule has 0 aliphatic rings. The summed E-state index contributed by atoms with van der Waals surface area (Å²) in [5.41, 5.74) is -0.646. The predicted molar refractivity (Wildman–Crippen MR) is 64.9 cm³/mol. The van der Waals surface area contributed by atoms with Crippen LogP contribution in [0.2, 0.25) is 0 Å². The highest BCUT2D eigenvalue weighted by atomic mass is 16.6. The van der Waals surface area contributed by atoms with E-state index in [-0.39, 0.29) is 6.54 Å². The number of rotatable bonds is 5. The maximum Gasteiger partial charge on any atom is 0.411 e. The number of carbonyl (C=O) groups excluding carboxylic acids is 1. The van der Waals surface area contributed by atoms with Crippen molar-refractivity contribution in [3.05, 3.63) is 12.7 Å². The Morgan fingerprint density at radius 3 is 2.29 bits per heavy atom. The van der Waals surface area contributed by atoms with Crippen LogP contribution in [0.3, 0.4) is 0 Å². The molecule has 0 radical (unpaired) electrons. The minimum atomic E-state index is -1.04. The molecule has 0 aliphatic heterocycles. The van der Waals surface area contributed by atoms with Crippen LogP contribution in [0, 0.1) is 0 Å². The van der Waals surface area contributed by atoms with E-state index in [0.717, 1.165) is 0 Å². The van der Waals surface area contributed by atoms with Crippen LogP contribution in [0.15, 0.2) is 12.7 Å². The molecule has 5 nitrogen and oxygen atoms in total. The van der Waals surface area contributed by atoms with Gasteiger partial charge in [-0.1, -0.05) is 13.0 Å². The summed E-state index contributed by atoms with van der Waals surface area (Å²) in [6.07, 6.45) is 1.17. The Bertz CT molecular complexity index is 293. The van der Waals surface area contributed by atoms with Crippen LogP contribution >= 0.6 is 0 Å². The number of hydrogen-bond acceptors (Lipinski definition) is 3. The first-order valence-corrected chi connectivity index (χ1v) is 5.56. The van der Waals surface area contributed by atoms with E-state index >= 15 is 0 Å². The highest BCUT2D eigenvalue weighted by molar-refractivity contribution is 5.80. The SMILES string of the molecule is C=CCN(C(=O)OC(C)(C)C)[C@@H](CC)C(=O)O. The molecule has 0 aromatic carbocycles. The van der Waals surface area contributed by atoms with Gasteiger partial charge in [0.25, 0.3) is 0 Å². The van der Waals surface area contributed by atoms with Gasteiger partial charge < -0.3 is 9.84 Å². The van der Waals surface area contributed by atoms with Crippen molar-refractivity contribution in [2.24, 2.45) is 0 Å². The topological polar surface area (TPSA) is 66.8 Å². The number of amides is 1. The van der Waals surface area contributed by atoms with Crippen LogP contribution in [0.25, 0.3) is 0 Å². The van der Waals surface area contributed by atoms with Gasteiger partial charge in [-0.05, 0) is 27.2 Å². The Labute approximate surface area is 102 Å². The standard InChI is InChI=1S/C12H21NO4/c1-6-8-13(9(7-2)10(14)15)11(16)17-12(3,4)5/h6,9H,1,7-8H2,2-5H3,(H,14,15)/t9-/m0/s1. The van der Waals surface area contributed by atoms with Gasteiger partial charge in [-0.3, -0.25) is 4.90 Å². The van der Waals surface area contributed by atoms with Crippen molar-refractivity contribution < 1.29 is 19.4 Å². The van der Waals surface area contributed by atoms with Gasteiger partial charge in [-0.15, -0.1) is 6.58 Å². The number of carboxylic acid groups (broad SMARTS) is 1. The van der Waals surface area contributed by atoms with Gasteiger partial charge in [0.05, 0.1) is 0 Å². The summed E-state index contributed by atoms with van der Waals surface area (Å²) in [6, 6.07) is -0.886. The van der Waals surface area contributed by atoms with Gasteiger partial charge >= 0.3 is 12.1 Å². The molecule has 0 aromatic rings. The van der Waals surface area contributed by atoms with Gasteiger partial charge in [0.2, 0.25) is 0 Å². The fourth-order valence-electron chi connectivity index (χ4n) is 1.32. The summed E-state index contributed by atoms with van der Waals surface area (Å²) < 4.78 is 5.16. The molecule has 0 saturated heterocycles. The average molecular weight is 243 g/mol. The van der Waals surface area contributed by atoms with Gasteiger partial charge in [0, 0.05) is 6.54 Å². The lowest BCUT2D eigenvalue weighted by Gasteiger charge is -2.30. The third kappa shape index (κ3) is 5.38. The maximum atomic E-state index is 11.8. The molecule has 1 atom stereocenters. The first kappa shape index (κ1) is 15.5. The van der Waals surface area contributed by atoms with E-state index in [1.54, 1.807) is 27.7 Å². The molecular formula is C12H21NO4. The number of ether oxygens (including phenoxy) is 1. The molecule has 1 N–H and O–H groups in total. The zero-order valence-corrected chi connectivity index (χ0v) is 10.9. The van der Waals surface area contributed by atoms with Crippen LogP contribution in [0.5, 0.6) is 0 Å². The number of carboxylic acids is 1. The molecule has 0 rings (SSSR count). The Morgan fingerprint density at radius 1 is 1.47 bits per heavy atom. The Hall–Kier alpha value is -1.52. The molecule has 0 bridgehead atoms. The first-order chi connectivity index (χ1) is 7.72. The van der Waals surface area contributed by atoms with E-state index in [4.69, 9.17) is 9.84 Å². The summed E-state index contributed by atoms with van der Waals surface area (Å²) >= 11 is 0. The Balaban J connectivity index is 4.88. The second-order valence-corrected chi connectivity index (χ2v) is 4.68. The van der Waals surface area contributed by atoms with E-state index < -0.39 is 23.7 Å². The van der Waals surface area contributed by atoms with Crippen molar-refractivity contribution >= 4 is 12.1 Å². The summed E-state index contributed by atoms with van der Waals surface area (Å²) in [5.74, 6) is -1.04. The number of aliphatic carboxylic acids is 1. The van der Waals surface area contributed by atoms with Crippen molar-refractivity contribution in [1.82, 2.24) is 4.90 Å². The highest BCUT2D eigenvalue weighted by Gasteiger charge is 2.30. The van der Waals surface area contributed by atoms with Crippen molar-refractivity contribution in [2.75, 3.05) is 6.54 Å². The molecule has 0 fully saturated rings. The van der Waals surface area contributed by atoms with Crippen molar-refractivity contribution in [1.29, 1.82) is 0 Å². The normalized spacial score (nSPS) is 12.7. The fourth-order valence-corrected chi connectivity index (χ4v) is 1.32. The van der Waals surface area contributed by atoms with Crippen molar-refractivity contribution in [2.45, 2.75) is 45.8 Å². The molecule has 98 valence electrons. The molecular weight excluding hydrogens is 222 g/mol. The largest absolute Gasteiger partial charge is 0.480 e. The average Bonchev–Trinajstić information content (AvgIpc) is 2.14. The van der Waals surface area contributed by atoms with Crippen LogP contribution in [-0.2, 0) is 9.53 Å². The number of hydrogen-bond donors (Lipinski definition) is 1. The van der Waals surface area contributed by atoms with E-state index in [9.17, 15) is 9.59 Å². The molecule has 0 aliphatic carbocycles. The minimum Gasteiger partial charge on any atom is -0.480 e. The molecule has 0 spiro atoms. The minimum absolute atomic E-state index is 0.153. The summed E-state index contributed by atoms with van der Waals surface area (Å²) in [5, 5.41) is 9.03. The van der Waals surface area contributed by atoms with E-state index in [0.29, 0.717) is 6.42 Å². The van der Waals surface area contributed by atoms with Gasteiger partial charge in [0.1, 0.15) is 11.6 Å². The summed E-state index contributed by atoms with van der Waals surface area (Å²) in [7, 11) is 0. The lowest BCUT2D eigenvalue weighted by Crippen LogP contribution is -2.47. The molecule has 0 saturated carbocycles. The molecule has 0 heterocycles. The highest BCUT2D eigenvalue weighted by Crippen LogP contribution is 2.13. The lowest BCUT2D eigenvalue weighted by molar-refractivity contribution is -0.143. The molecule has 5 heteroatoms. The Kier molecular flexibility index (Phi) is 5.71. The second kappa shape index (κ2) is 6.27. The van der Waals surface area contributed by atoms with Gasteiger partial charge in [-0.2, -0.15) is 0 Å². The smallest absolute Gasteiger partial charge is 0.411 e. The summed E-state index contributed by atoms with van der Waals surface area (Å²) in [4.78, 5) is 24.0. The van der Waals surface area contributed by atoms with Crippen molar-refractivity contribution in [3.63, 3.8) is 0 Å². The second-order valence-electron chi connectivity index (χ2n) is 4.68. The van der Waals surface area contributed by atoms with Crippen LogP contribution in [-0.4, -0.2) is 40.3 Å². The predicted octanol–water partition coefficient (Wildman–Crippen LogP) is 2.27. The summed E-state index contributed by atoms with van der Waals surface area (Å²) in [6.45, 7) is 10.6. The van der Waals surface area contributed by atoms with Crippen LogP contribution in [0.1, 0.15) is 34.1 Å². The molecule has 0 aromatic heterocycles. The van der Waals surface area contributed by atoms with Gasteiger partial charge in [0.15, 0.2) is 0 Å². The van der Waals surface area contributed by atoms with E-state index in [2.05, 4.69) is 6.58 Å². The first-order valence-electron chi connectivity index (χ1n) is 5.56. The third-order valence-corrected chi connectivity index (χ3v) is 2.00. The molecule has 0 unspecified atom stereocenters. The van der Waals surface area contributed by atoms with Crippen LogP contribution in [0.4, 0.5) is 4.79 Å². The fraction of sp³-hybridized carbons (Fsp3) is 0.667. The monoisotopic (exact) mass is 243 g/mol. The number of nitrogens with zero attached hydrogens (tertiary/aromatic N) is 1. The van der Waals surface area contributed by atoms with E-state index in [1.807, 2.05) is 0 Å². The Morgan fingerprint density at radius 2 is 2.00 bits per heavy atom. The van der Waals surface area contributed by atoms with Crippen molar-refractivity contribution in [3.8, 4) is 0 Å². The van der Waals surface area contributed by atoms with Gasteiger partial charge in [-0.25, -0.2) is 9.59 Å². The quantitative estimate of drug-likeness (QED) is 0.752. The maximum absolute atomic E-state index is 11.8. The lowest BCUT2D eigenvalue weighted by atomic mass is 10.2. The number of carbonyl (C=O) groups is 2. The van der Waals surface area contributed by atoms with E-state index in [1.165, 1.54) is 11.0 Å². The molecule has 1 amide bonds. The zero-order valence-electron chi connectivity index (χ0n) is 10.9. The molecule has 17 heavy (non-hydrogen) atoms. The third-order valence-electron chi connectivity index (χ3n) is 2.00. The van der Waals surface area contributed by atoms with Crippen LogP contribution < -0.4 is 0 Å². The zero-order chi connectivity index (χ0) is 13.6.